The van der Waals surface area contributed by atoms with E-state index in [1.165, 1.54) is 0 Å². The van der Waals surface area contributed by atoms with Crippen molar-refractivity contribution in [2.75, 3.05) is 24.5 Å². The van der Waals surface area contributed by atoms with Crippen molar-refractivity contribution in [1.82, 2.24) is 4.90 Å². The second kappa shape index (κ2) is 8.66. The summed E-state index contributed by atoms with van der Waals surface area (Å²) in [7, 11) is 0. The van der Waals surface area contributed by atoms with Gasteiger partial charge in [-0.1, -0.05) is 42.5 Å². The highest BCUT2D eigenvalue weighted by atomic mass is 16.6. The molecule has 2 bridgehead atoms. The van der Waals surface area contributed by atoms with Crippen LogP contribution in [0.4, 0.5) is 10.5 Å². The topological polar surface area (TPSA) is 70.1 Å². The zero-order valence-electron chi connectivity index (χ0n) is 16.4. The van der Waals surface area contributed by atoms with E-state index in [1.807, 2.05) is 42.5 Å². The summed E-state index contributed by atoms with van der Waals surface area (Å²) in [6, 6.07) is 16.9. The van der Waals surface area contributed by atoms with Gasteiger partial charge in [-0.3, -0.25) is 14.6 Å². The van der Waals surface area contributed by atoms with E-state index < -0.39 is 5.97 Å². The summed E-state index contributed by atoms with van der Waals surface area (Å²) < 4.78 is 5.96. The van der Waals surface area contributed by atoms with Gasteiger partial charge in [0, 0.05) is 12.2 Å². The van der Waals surface area contributed by atoms with Gasteiger partial charge in [-0.05, 0) is 55.1 Å². The molecule has 3 fully saturated rings. The second-order valence-corrected chi connectivity index (χ2v) is 7.87. The molecule has 0 spiro atoms. The van der Waals surface area contributed by atoms with Crippen molar-refractivity contribution in [3.63, 3.8) is 0 Å². The summed E-state index contributed by atoms with van der Waals surface area (Å²) in [5.74, 6) is -0.401. The largest absolute Gasteiger partial charge is 0.481 e. The van der Waals surface area contributed by atoms with Gasteiger partial charge in [0.25, 0.3) is 0 Å². The molecule has 3 aliphatic heterocycles. The standard InChI is InChI=1S/C23H26N2O4/c26-22(27)14-17-6-8-18(9-7-17)15-25(20-4-2-1-3-5-20)23(28)29-21-16-24-12-10-19(21)11-13-24/h1-9,19,21H,10-16H2,(H,26,27)/t21-/m0/s1. The molecule has 29 heavy (non-hydrogen) atoms. The average Bonchev–Trinajstić information content (AvgIpc) is 2.74. The number of carboxylic acid groups (broad SMARTS) is 1. The third-order valence-electron chi connectivity index (χ3n) is 5.86. The Kier molecular flexibility index (Phi) is 5.81. The van der Waals surface area contributed by atoms with Crippen LogP contribution in [0.1, 0.15) is 24.0 Å². The first-order valence-electron chi connectivity index (χ1n) is 10.1. The number of ether oxygens (including phenoxy) is 1. The molecule has 6 nitrogen and oxygen atoms in total. The van der Waals surface area contributed by atoms with E-state index in [0.717, 1.165) is 49.3 Å². The fourth-order valence-electron chi connectivity index (χ4n) is 4.23. The number of carbonyl (C=O) groups is 2. The number of para-hydroxylation sites is 1. The predicted octanol–water partition coefficient (Wildman–Crippen LogP) is 3.55. The van der Waals surface area contributed by atoms with Gasteiger partial charge in [-0.2, -0.15) is 0 Å². The van der Waals surface area contributed by atoms with Crippen LogP contribution in [0.5, 0.6) is 0 Å². The number of anilines is 1. The zero-order chi connectivity index (χ0) is 20.2. The van der Waals surface area contributed by atoms with E-state index in [2.05, 4.69) is 4.90 Å². The molecule has 6 heteroatoms. The lowest BCUT2D eigenvalue weighted by Crippen LogP contribution is -2.53. The first-order chi connectivity index (χ1) is 14.1. The fourth-order valence-corrected chi connectivity index (χ4v) is 4.23. The molecule has 1 amide bonds. The van der Waals surface area contributed by atoms with Crippen molar-refractivity contribution in [3.8, 4) is 0 Å². The Hall–Kier alpha value is -2.86. The van der Waals surface area contributed by atoms with Gasteiger partial charge in [0.05, 0.1) is 13.0 Å². The highest BCUT2D eigenvalue weighted by Crippen LogP contribution is 2.30. The minimum absolute atomic E-state index is 0.00963. The molecule has 0 radical (unpaired) electrons. The Bertz CT molecular complexity index is 845. The number of rotatable bonds is 6. The summed E-state index contributed by atoms with van der Waals surface area (Å²) in [6.45, 7) is 3.40. The Morgan fingerprint density at radius 2 is 1.66 bits per heavy atom. The van der Waals surface area contributed by atoms with Crippen molar-refractivity contribution < 1.29 is 19.4 Å². The third-order valence-corrected chi connectivity index (χ3v) is 5.86. The molecule has 3 heterocycles. The first kappa shape index (κ1) is 19.5. The minimum Gasteiger partial charge on any atom is -0.481 e. The fraction of sp³-hybridized carbons (Fsp3) is 0.391. The Balaban J connectivity index is 1.49. The number of nitrogens with zero attached hydrogens (tertiary/aromatic N) is 2. The van der Waals surface area contributed by atoms with Crippen LogP contribution in [0.2, 0.25) is 0 Å². The molecule has 2 aromatic carbocycles. The van der Waals surface area contributed by atoms with Gasteiger partial charge >= 0.3 is 12.1 Å². The first-order valence-corrected chi connectivity index (χ1v) is 10.1. The average molecular weight is 394 g/mol. The maximum Gasteiger partial charge on any atom is 0.414 e. The number of carboxylic acids is 1. The molecule has 1 N–H and O–H groups in total. The molecule has 3 saturated heterocycles. The van der Waals surface area contributed by atoms with Crippen LogP contribution in [0, 0.1) is 5.92 Å². The van der Waals surface area contributed by atoms with Gasteiger partial charge in [0.2, 0.25) is 0 Å². The SMILES string of the molecule is O=C(O)Cc1ccc(CN(C(=O)O[C@H]2CN3CCC2CC3)c2ccccc2)cc1. The lowest BCUT2D eigenvalue weighted by atomic mass is 9.86. The Labute approximate surface area is 170 Å². The molecule has 0 aromatic heterocycles. The smallest absolute Gasteiger partial charge is 0.414 e. The molecule has 5 rings (SSSR count). The van der Waals surface area contributed by atoms with Gasteiger partial charge in [-0.25, -0.2) is 4.79 Å². The quantitative estimate of drug-likeness (QED) is 0.811. The summed E-state index contributed by atoms with van der Waals surface area (Å²) in [5, 5.41) is 8.93. The van der Waals surface area contributed by atoms with E-state index in [0.29, 0.717) is 12.5 Å². The van der Waals surface area contributed by atoms with Crippen LogP contribution in [-0.4, -0.2) is 47.8 Å². The van der Waals surface area contributed by atoms with Crippen LogP contribution in [-0.2, 0) is 22.5 Å². The predicted molar refractivity (Wildman–Crippen MR) is 110 cm³/mol. The highest BCUT2D eigenvalue weighted by Gasteiger charge is 2.37. The van der Waals surface area contributed by atoms with Crippen molar-refractivity contribution in [2.24, 2.45) is 5.92 Å². The second-order valence-electron chi connectivity index (χ2n) is 7.87. The van der Waals surface area contributed by atoms with Crippen LogP contribution in [0.25, 0.3) is 0 Å². The van der Waals surface area contributed by atoms with Crippen LogP contribution < -0.4 is 4.90 Å². The molecule has 0 saturated carbocycles. The molecule has 0 aliphatic carbocycles. The Morgan fingerprint density at radius 3 is 2.24 bits per heavy atom. The number of amides is 1. The summed E-state index contributed by atoms with van der Waals surface area (Å²) in [4.78, 5) is 28.0. The van der Waals surface area contributed by atoms with Crippen molar-refractivity contribution >= 4 is 17.7 Å². The van der Waals surface area contributed by atoms with Crippen molar-refractivity contribution in [2.45, 2.75) is 31.9 Å². The molecule has 3 aliphatic rings. The van der Waals surface area contributed by atoms with Gasteiger partial charge in [0.15, 0.2) is 0 Å². The summed E-state index contributed by atoms with van der Waals surface area (Å²) in [5.41, 5.74) is 2.45. The van der Waals surface area contributed by atoms with Crippen LogP contribution >= 0.6 is 0 Å². The van der Waals surface area contributed by atoms with E-state index in [1.54, 1.807) is 17.0 Å². The molecule has 2 aromatic rings. The van der Waals surface area contributed by atoms with Gasteiger partial charge in [-0.15, -0.1) is 0 Å². The van der Waals surface area contributed by atoms with Gasteiger partial charge in [0.1, 0.15) is 6.10 Å². The van der Waals surface area contributed by atoms with Crippen LogP contribution in [0.3, 0.4) is 0 Å². The normalized spacial score (nSPS) is 22.8. The number of aliphatic carboxylic acids is 1. The van der Waals surface area contributed by atoms with Gasteiger partial charge < -0.3 is 9.84 Å². The number of benzene rings is 2. The van der Waals surface area contributed by atoms with Crippen molar-refractivity contribution in [1.29, 1.82) is 0 Å². The molecule has 152 valence electrons. The summed E-state index contributed by atoms with van der Waals surface area (Å²) >= 11 is 0. The number of fused-ring (bicyclic) bond motifs is 3. The van der Waals surface area contributed by atoms with E-state index in [9.17, 15) is 9.59 Å². The van der Waals surface area contributed by atoms with E-state index in [4.69, 9.17) is 9.84 Å². The number of hydrogen-bond acceptors (Lipinski definition) is 4. The number of hydrogen-bond donors (Lipinski definition) is 1. The van der Waals surface area contributed by atoms with E-state index >= 15 is 0 Å². The highest BCUT2D eigenvalue weighted by molar-refractivity contribution is 5.87. The maximum absolute atomic E-state index is 13.1. The zero-order valence-corrected chi connectivity index (χ0v) is 16.4. The van der Waals surface area contributed by atoms with E-state index in [-0.39, 0.29) is 18.6 Å². The monoisotopic (exact) mass is 394 g/mol. The number of carbonyl (C=O) groups excluding carboxylic acids is 1. The van der Waals surface area contributed by atoms with Crippen LogP contribution in [0.15, 0.2) is 54.6 Å². The molecular weight excluding hydrogens is 368 g/mol. The lowest BCUT2D eigenvalue weighted by molar-refractivity contribution is -0.136. The minimum atomic E-state index is -0.857. The molecular formula is C23H26N2O4. The Morgan fingerprint density at radius 1 is 1.00 bits per heavy atom. The lowest BCUT2D eigenvalue weighted by Gasteiger charge is -2.44. The molecule has 1 atom stereocenters. The summed E-state index contributed by atoms with van der Waals surface area (Å²) in [6.07, 6.45) is 1.80. The number of piperidine rings is 3. The molecule has 0 unspecified atom stereocenters. The third kappa shape index (κ3) is 4.77. The maximum atomic E-state index is 13.1. The van der Waals surface area contributed by atoms with Crippen molar-refractivity contribution in [3.05, 3.63) is 65.7 Å².